The van der Waals surface area contributed by atoms with Gasteiger partial charge in [0.05, 0.1) is 0 Å². The summed E-state index contributed by atoms with van der Waals surface area (Å²) in [6.07, 6.45) is 0.827. The summed E-state index contributed by atoms with van der Waals surface area (Å²) in [6, 6.07) is 0.595. The molecule has 0 fully saturated rings. The van der Waals surface area contributed by atoms with Crippen LogP contribution in [0, 0.1) is 3.57 Å². The summed E-state index contributed by atoms with van der Waals surface area (Å²) >= 11 is 2.05. The van der Waals surface area contributed by atoms with Crippen molar-refractivity contribution in [2.45, 2.75) is 38.8 Å². The molecule has 7 nitrogen and oxygen atoms in total. The molecule has 1 rings (SSSR count). The van der Waals surface area contributed by atoms with Gasteiger partial charge in [0, 0.05) is 16.2 Å². The number of ether oxygens (including phenoxy) is 1. The highest BCUT2D eigenvalue weighted by Crippen LogP contribution is 2.15. The highest BCUT2D eigenvalue weighted by atomic mass is 127. The number of alkyl carbamates (subject to hydrolysis) is 1. The smallest absolute Gasteiger partial charge is 0.408 e. The maximum absolute atomic E-state index is 11.7. The van der Waals surface area contributed by atoms with Gasteiger partial charge < -0.3 is 20.9 Å². The largest absolute Gasteiger partial charge is 0.480 e. The number of nitrogens with two attached hydrogens (primary N) is 1. The topological polar surface area (TPSA) is 115 Å². The summed E-state index contributed by atoms with van der Waals surface area (Å²) in [7, 11) is 0. The molecule has 0 aliphatic carbocycles. The number of rotatable bonds is 4. The number of carboxylic acids is 1. The lowest BCUT2D eigenvalue weighted by Gasteiger charge is -2.22. The number of nitrogens with one attached hydrogen (secondary N) is 1. The molecule has 0 bridgehead atoms. The van der Waals surface area contributed by atoms with E-state index >= 15 is 0 Å². The van der Waals surface area contributed by atoms with Crippen molar-refractivity contribution in [2.75, 3.05) is 5.73 Å². The zero-order chi connectivity index (χ0) is 16.2. The lowest BCUT2D eigenvalue weighted by Crippen LogP contribution is -2.44. The molecule has 0 aliphatic heterocycles. The summed E-state index contributed by atoms with van der Waals surface area (Å²) < 4.78 is 5.88. The van der Waals surface area contributed by atoms with Crippen molar-refractivity contribution >= 4 is 40.5 Å². The van der Waals surface area contributed by atoms with Crippen LogP contribution in [-0.2, 0) is 16.0 Å². The van der Waals surface area contributed by atoms with E-state index in [2.05, 4.69) is 32.9 Å². The molecule has 0 saturated heterocycles. The van der Waals surface area contributed by atoms with E-state index in [1.807, 2.05) is 0 Å². The number of hydrogen-bond acceptors (Lipinski definition) is 5. The highest BCUT2D eigenvalue weighted by Gasteiger charge is 2.25. The Morgan fingerprint density at radius 2 is 2.14 bits per heavy atom. The molecule has 0 radical (unpaired) electrons. The molecule has 4 N–H and O–H groups in total. The number of pyridine rings is 1. The summed E-state index contributed by atoms with van der Waals surface area (Å²) in [5.41, 5.74) is 5.58. The Hall–Kier alpha value is -1.58. The van der Waals surface area contributed by atoms with Crippen molar-refractivity contribution in [3.8, 4) is 0 Å². The van der Waals surface area contributed by atoms with Gasteiger partial charge in [-0.05, 0) is 55.0 Å². The fraction of sp³-hybridized carbons (Fsp3) is 0.462. The zero-order valence-corrected chi connectivity index (χ0v) is 14.2. The van der Waals surface area contributed by atoms with E-state index in [4.69, 9.17) is 10.5 Å². The second-order valence-electron chi connectivity index (χ2n) is 5.44. The molecular weight excluding hydrogens is 389 g/mol. The summed E-state index contributed by atoms with van der Waals surface area (Å²) in [5, 5.41) is 11.5. The molecule has 1 aromatic heterocycles. The quantitative estimate of drug-likeness (QED) is 0.656. The average Bonchev–Trinajstić information content (AvgIpc) is 2.30. The Kier molecular flexibility index (Phi) is 5.76. The van der Waals surface area contributed by atoms with Crippen molar-refractivity contribution in [3.05, 3.63) is 21.4 Å². The second kappa shape index (κ2) is 6.92. The normalized spacial score (nSPS) is 12.6. The van der Waals surface area contributed by atoms with Gasteiger partial charge in [0.1, 0.15) is 17.5 Å². The molecular formula is C13H18IN3O4. The molecule has 0 aromatic carbocycles. The van der Waals surface area contributed by atoms with Crippen LogP contribution in [-0.4, -0.2) is 33.8 Å². The van der Waals surface area contributed by atoms with Crippen LogP contribution in [0.3, 0.4) is 0 Å². The van der Waals surface area contributed by atoms with Crippen LogP contribution in [0.2, 0.25) is 0 Å². The number of carbonyl (C=O) groups is 2. The first-order valence-corrected chi connectivity index (χ1v) is 7.28. The van der Waals surface area contributed by atoms with E-state index in [0.717, 1.165) is 3.57 Å². The molecule has 0 aliphatic rings. The minimum atomic E-state index is -1.17. The third-order valence-electron chi connectivity index (χ3n) is 2.38. The van der Waals surface area contributed by atoms with E-state index in [1.165, 1.54) is 0 Å². The third kappa shape index (κ3) is 6.15. The first-order valence-electron chi connectivity index (χ1n) is 6.20. The van der Waals surface area contributed by atoms with E-state index in [-0.39, 0.29) is 12.2 Å². The number of anilines is 1. The number of halogens is 1. The Bertz CT molecular complexity index is 543. The molecule has 116 valence electrons. The standard InChI is InChI=1S/C13H18IN3O4/c1-13(2,3)21-12(20)17-9(11(18)19)5-7-4-8(14)6-16-10(7)15/h4,6,9H,5H2,1-3H3,(H2,15,16)(H,17,20)(H,18,19). The van der Waals surface area contributed by atoms with Crippen molar-refractivity contribution in [1.82, 2.24) is 10.3 Å². The number of carboxylic acid groups (broad SMARTS) is 1. The fourth-order valence-electron chi connectivity index (χ4n) is 1.53. The van der Waals surface area contributed by atoms with Crippen LogP contribution in [0.5, 0.6) is 0 Å². The molecule has 0 spiro atoms. The number of hydrogen-bond donors (Lipinski definition) is 3. The monoisotopic (exact) mass is 407 g/mol. The number of nitrogen functional groups attached to an aromatic ring is 1. The van der Waals surface area contributed by atoms with E-state index < -0.39 is 23.7 Å². The molecule has 8 heteroatoms. The van der Waals surface area contributed by atoms with Gasteiger partial charge in [-0.25, -0.2) is 14.6 Å². The van der Waals surface area contributed by atoms with Gasteiger partial charge in [-0.3, -0.25) is 0 Å². The minimum Gasteiger partial charge on any atom is -0.480 e. The molecule has 1 aromatic rings. The molecule has 21 heavy (non-hydrogen) atoms. The molecule has 1 heterocycles. The molecule has 1 amide bonds. The third-order valence-corrected chi connectivity index (χ3v) is 2.97. The minimum absolute atomic E-state index is 0.0320. The van der Waals surface area contributed by atoms with Crippen LogP contribution in [0.4, 0.5) is 10.6 Å². The van der Waals surface area contributed by atoms with Crippen molar-refractivity contribution < 1.29 is 19.4 Å². The SMILES string of the molecule is CC(C)(C)OC(=O)NC(Cc1cc(I)cnc1N)C(=O)O. The maximum atomic E-state index is 11.7. The molecule has 0 saturated carbocycles. The lowest BCUT2D eigenvalue weighted by molar-refractivity contribution is -0.139. The van der Waals surface area contributed by atoms with Gasteiger partial charge in [0.25, 0.3) is 0 Å². The molecule has 1 atom stereocenters. The maximum Gasteiger partial charge on any atom is 0.408 e. The van der Waals surface area contributed by atoms with Crippen LogP contribution >= 0.6 is 22.6 Å². The van der Waals surface area contributed by atoms with E-state index in [1.54, 1.807) is 33.0 Å². The van der Waals surface area contributed by atoms with Gasteiger partial charge in [0.2, 0.25) is 0 Å². The van der Waals surface area contributed by atoms with Crippen LogP contribution in [0.25, 0.3) is 0 Å². The fourth-order valence-corrected chi connectivity index (χ4v) is 2.04. The van der Waals surface area contributed by atoms with Crippen LogP contribution < -0.4 is 11.1 Å². The summed E-state index contributed by atoms with van der Waals surface area (Å²) in [5.74, 6) is -0.924. The van der Waals surface area contributed by atoms with E-state index in [0.29, 0.717) is 5.56 Å². The van der Waals surface area contributed by atoms with Crippen LogP contribution in [0.1, 0.15) is 26.3 Å². The van der Waals surface area contributed by atoms with Crippen molar-refractivity contribution in [1.29, 1.82) is 0 Å². The summed E-state index contributed by atoms with van der Waals surface area (Å²) in [6.45, 7) is 5.09. The highest BCUT2D eigenvalue weighted by molar-refractivity contribution is 14.1. The first-order chi connectivity index (χ1) is 9.58. The van der Waals surface area contributed by atoms with Crippen molar-refractivity contribution in [3.63, 3.8) is 0 Å². The Balaban J connectivity index is 2.81. The number of nitrogens with zero attached hydrogens (tertiary/aromatic N) is 1. The zero-order valence-electron chi connectivity index (χ0n) is 12.0. The second-order valence-corrected chi connectivity index (χ2v) is 6.68. The first kappa shape index (κ1) is 17.5. The number of aliphatic carboxylic acids is 1. The van der Waals surface area contributed by atoms with Gasteiger partial charge in [-0.2, -0.15) is 0 Å². The lowest BCUT2D eigenvalue weighted by atomic mass is 10.1. The Morgan fingerprint density at radius 3 is 2.67 bits per heavy atom. The predicted molar refractivity (Wildman–Crippen MR) is 85.9 cm³/mol. The predicted octanol–water partition coefficient (Wildman–Crippen LogP) is 1.79. The number of carbonyl (C=O) groups excluding carboxylic acids is 1. The Morgan fingerprint density at radius 1 is 1.52 bits per heavy atom. The summed E-state index contributed by atoms with van der Waals surface area (Å²) in [4.78, 5) is 26.9. The average molecular weight is 407 g/mol. The van der Waals surface area contributed by atoms with Gasteiger partial charge in [0.15, 0.2) is 0 Å². The van der Waals surface area contributed by atoms with Crippen molar-refractivity contribution in [2.24, 2.45) is 0 Å². The van der Waals surface area contributed by atoms with Gasteiger partial charge in [-0.15, -0.1) is 0 Å². The molecule has 1 unspecified atom stereocenters. The number of aromatic nitrogens is 1. The van der Waals surface area contributed by atoms with E-state index in [9.17, 15) is 14.7 Å². The Labute approximate surface area is 136 Å². The van der Waals surface area contributed by atoms with Crippen LogP contribution in [0.15, 0.2) is 12.3 Å². The van der Waals surface area contributed by atoms with Gasteiger partial charge >= 0.3 is 12.1 Å². The number of amides is 1. The van der Waals surface area contributed by atoms with Gasteiger partial charge in [-0.1, -0.05) is 0 Å².